The van der Waals surface area contributed by atoms with Gasteiger partial charge >= 0.3 is 0 Å². The van der Waals surface area contributed by atoms with Crippen molar-refractivity contribution in [3.8, 4) is 0 Å². The molecule has 0 amide bonds. The van der Waals surface area contributed by atoms with Crippen molar-refractivity contribution in [2.24, 2.45) is 51.8 Å². The summed E-state index contributed by atoms with van der Waals surface area (Å²) in [7, 11) is 0. The number of allylic oxidation sites excluding steroid dienone is 2. The van der Waals surface area contributed by atoms with Crippen LogP contribution in [0.2, 0.25) is 0 Å². The van der Waals surface area contributed by atoms with Gasteiger partial charge in [-0.25, -0.2) is 0 Å². The van der Waals surface area contributed by atoms with Crippen LogP contribution < -0.4 is 0 Å². The molecule has 0 bridgehead atoms. The number of Topliss-reactive ketones (excluding diaryl/α,β-unsaturated/α-hetero) is 1. The fraction of sp³-hybridized carbons (Fsp3) is 0.897. The van der Waals surface area contributed by atoms with Gasteiger partial charge in [0.25, 0.3) is 0 Å². The molecule has 4 aliphatic rings. The van der Waals surface area contributed by atoms with Crippen molar-refractivity contribution >= 4 is 5.78 Å². The van der Waals surface area contributed by atoms with Crippen molar-refractivity contribution in [2.45, 2.75) is 112 Å². The molecule has 0 radical (unpaired) electrons. The summed E-state index contributed by atoms with van der Waals surface area (Å²) in [6.07, 6.45) is 12.7. The number of fused-ring (bicyclic) bond motifs is 5. The van der Waals surface area contributed by atoms with E-state index in [-0.39, 0.29) is 16.9 Å². The number of aliphatic hydroxyl groups excluding tert-OH is 1. The van der Waals surface area contributed by atoms with Crippen LogP contribution in [0.3, 0.4) is 0 Å². The first kappa shape index (κ1) is 23.5. The summed E-state index contributed by atoms with van der Waals surface area (Å²) in [5, 5.41) is 10.6. The van der Waals surface area contributed by atoms with Gasteiger partial charge in [-0.3, -0.25) is 4.79 Å². The van der Waals surface area contributed by atoms with E-state index in [4.69, 9.17) is 0 Å². The Morgan fingerprint density at radius 1 is 1.00 bits per heavy atom. The van der Waals surface area contributed by atoms with Crippen LogP contribution in [0.4, 0.5) is 0 Å². The van der Waals surface area contributed by atoms with E-state index in [1.165, 1.54) is 37.7 Å². The minimum Gasteiger partial charge on any atom is -0.393 e. The Kier molecular flexibility index (Phi) is 6.07. The van der Waals surface area contributed by atoms with Gasteiger partial charge in [0.15, 0.2) is 0 Å². The van der Waals surface area contributed by atoms with Gasteiger partial charge in [0.2, 0.25) is 0 Å². The molecule has 0 aromatic rings. The molecule has 0 unspecified atom stereocenters. The van der Waals surface area contributed by atoms with Crippen molar-refractivity contribution < 1.29 is 9.90 Å². The molecule has 0 aliphatic heterocycles. The summed E-state index contributed by atoms with van der Waals surface area (Å²) in [6.45, 7) is 16.3. The van der Waals surface area contributed by atoms with E-state index in [1.807, 2.05) is 0 Å². The molecule has 0 saturated heterocycles. The maximum atomic E-state index is 12.7. The smallest absolute Gasteiger partial charge is 0.142 e. The highest BCUT2D eigenvalue weighted by Crippen LogP contribution is 2.68. The predicted octanol–water partition coefficient (Wildman–Crippen LogP) is 7.20. The number of aliphatic hydroxyl groups is 1. The molecular formula is C29H48O2. The van der Waals surface area contributed by atoms with Gasteiger partial charge in [0.05, 0.1) is 6.10 Å². The van der Waals surface area contributed by atoms with Gasteiger partial charge in [-0.2, -0.15) is 0 Å². The Bertz CT molecular complexity index is 733. The van der Waals surface area contributed by atoms with Crippen molar-refractivity contribution in [3.63, 3.8) is 0 Å². The first-order valence-electron chi connectivity index (χ1n) is 13.3. The lowest BCUT2D eigenvalue weighted by molar-refractivity contribution is -0.132. The molecule has 8 atom stereocenters. The number of rotatable bonds is 5. The summed E-state index contributed by atoms with van der Waals surface area (Å²) in [5.41, 5.74) is 1.86. The van der Waals surface area contributed by atoms with E-state index in [0.29, 0.717) is 23.0 Å². The Morgan fingerprint density at radius 2 is 1.71 bits per heavy atom. The standard InChI is InChI=1S/C29H48O2/c1-18(2)16-20(30)17-19(3)22-9-10-23-21-8-11-25-27(4,5)26(31)13-15-29(25,7)24(21)12-14-28(22,23)6/h11,18-24,30H,8-10,12-17H2,1-7H3/t19-,20+,21+,22-,23+,24+,28-,29-/m1/s1. The summed E-state index contributed by atoms with van der Waals surface area (Å²) in [5.74, 6) is 4.73. The molecule has 176 valence electrons. The van der Waals surface area contributed by atoms with Gasteiger partial charge in [-0.05, 0) is 112 Å². The molecule has 2 heteroatoms. The molecule has 4 rings (SSSR count). The monoisotopic (exact) mass is 428 g/mol. The maximum absolute atomic E-state index is 12.7. The minimum absolute atomic E-state index is 0.143. The van der Waals surface area contributed by atoms with Crippen molar-refractivity contribution in [3.05, 3.63) is 11.6 Å². The zero-order valence-corrected chi connectivity index (χ0v) is 21.3. The molecule has 3 fully saturated rings. The van der Waals surface area contributed by atoms with Crippen LogP contribution in [-0.2, 0) is 4.79 Å². The first-order valence-corrected chi connectivity index (χ1v) is 13.3. The van der Waals surface area contributed by atoms with Crippen molar-refractivity contribution in [1.82, 2.24) is 0 Å². The second kappa shape index (κ2) is 8.00. The van der Waals surface area contributed by atoms with E-state index in [0.717, 1.165) is 49.4 Å². The van der Waals surface area contributed by atoms with Crippen LogP contribution in [0.1, 0.15) is 106 Å². The van der Waals surface area contributed by atoms with Crippen LogP contribution in [0, 0.1) is 51.8 Å². The van der Waals surface area contributed by atoms with Gasteiger partial charge < -0.3 is 5.11 Å². The molecule has 4 aliphatic carbocycles. The van der Waals surface area contributed by atoms with Crippen molar-refractivity contribution in [2.75, 3.05) is 0 Å². The molecule has 0 heterocycles. The fourth-order valence-corrected chi connectivity index (χ4v) is 9.43. The van der Waals surface area contributed by atoms with Gasteiger partial charge in [-0.15, -0.1) is 0 Å². The molecule has 0 aromatic carbocycles. The predicted molar refractivity (Wildman–Crippen MR) is 129 cm³/mol. The Balaban J connectivity index is 1.55. The molecular weight excluding hydrogens is 380 g/mol. The lowest BCUT2D eigenvalue weighted by atomic mass is 9.44. The second-order valence-electron chi connectivity index (χ2n) is 13.4. The van der Waals surface area contributed by atoms with E-state index in [1.54, 1.807) is 0 Å². The third kappa shape index (κ3) is 3.68. The highest BCUT2D eigenvalue weighted by atomic mass is 16.3. The average molecular weight is 429 g/mol. The van der Waals surface area contributed by atoms with Crippen LogP contribution >= 0.6 is 0 Å². The quantitative estimate of drug-likeness (QED) is 0.470. The minimum atomic E-state index is -0.266. The molecule has 2 nitrogen and oxygen atoms in total. The summed E-state index contributed by atoms with van der Waals surface area (Å²) in [4.78, 5) is 12.7. The average Bonchev–Trinajstić information content (AvgIpc) is 3.02. The molecule has 1 N–H and O–H groups in total. The van der Waals surface area contributed by atoms with E-state index in [2.05, 4.69) is 54.5 Å². The number of hydrogen-bond donors (Lipinski definition) is 1. The second-order valence-corrected chi connectivity index (χ2v) is 13.4. The summed E-state index contributed by atoms with van der Waals surface area (Å²) in [6, 6.07) is 0. The van der Waals surface area contributed by atoms with Gasteiger partial charge in [0.1, 0.15) is 5.78 Å². The summed E-state index contributed by atoms with van der Waals surface area (Å²) < 4.78 is 0. The van der Waals surface area contributed by atoms with Crippen LogP contribution in [0.15, 0.2) is 11.6 Å². The SMILES string of the molecule is CC(C)C[C@H](O)C[C@@H](C)[C@H]1CC[C@H]2[C@@H]3CC=C4C(C)(C)C(=O)CC[C@]4(C)[C@H]3CC[C@]12C. The zero-order valence-electron chi connectivity index (χ0n) is 21.3. The Morgan fingerprint density at radius 3 is 2.39 bits per heavy atom. The number of carbonyl (C=O) groups is 1. The third-order valence-corrected chi connectivity index (χ3v) is 10.9. The van der Waals surface area contributed by atoms with Crippen LogP contribution in [0.5, 0.6) is 0 Å². The number of carbonyl (C=O) groups excluding carboxylic acids is 1. The maximum Gasteiger partial charge on any atom is 0.142 e. The Hall–Kier alpha value is -0.630. The van der Waals surface area contributed by atoms with E-state index < -0.39 is 0 Å². The largest absolute Gasteiger partial charge is 0.393 e. The Labute approximate surface area is 191 Å². The molecule has 3 saturated carbocycles. The lowest BCUT2D eigenvalue weighted by Crippen LogP contribution is -2.53. The number of ketones is 1. The van der Waals surface area contributed by atoms with E-state index >= 15 is 0 Å². The number of hydrogen-bond acceptors (Lipinski definition) is 2. The van der Waals surface area contributed by atoms with E-state index in [9.17, 15) is 9.90 Å². The summed E-state index contributed by atoms with van der Waals surface area (Å²) >= 11 is 0. The third-order valence-electron chi connectivity index (χ3n) is 10.9. The molecule has 0 spiro atoms. The highest BCUT2D eigenvalue weighted by molar-refractivity contribution is 5.89. The van der Waals surface area contributed by atoms with Gasteiger partial charge in [-0.1, -0.05) is 46.3 Å². The van der Waals surface area contributed by atoms with Gasteiger partial charge in [0, 0.05) is 11.8 Å². The molecule has 0 aromatic heterocycles. The topological polar surface area (TPSA) is 37.3 Å². The highest BCUT2D eigenvalue weighted by Gasteiger charge is 2.61. The van der Waals surface area contributed by atoms with Crippen molar-refractivity contribution in [1.29, 1.82) is 0 Å². The van der Waals surface area contributed by atoms with Crippen LogP contribution in [0.25, 0.3) is 0 Å². The first-order chi connectivity index (χ1) is 14.4. The molecule has 31 heavy (non-hydrogen) atoms. The zero-order chi connectivity index (χ0) is 22.8. The normalized spacial score (nSPS) is 43.6. The fourth-order valence-electron chi connectivity index (χ4n) is 9.43. The lowest BCUT2D eigenvalue weighted by Gasteiger charge is -2.60. The van der Waals surface area contributed by atoms with Crippen LogP contribution in [-0.4, -0.2) is 17.0 Å².